The molecule has 2 amide bonds. The molecular formula is C41H65N3O10S. The number of fused-ring (bicyclic) bond motifs is 1. The van der Waals surface area contributed by atoms with E-state index >= 15 is 0 Å². The maximum Gasteiger partial charge on any atom is 0.251 e. The number of nitrogens with one attached hydrogen (secondary N) is 2. The molecule has 55 heavy (non-hydrogen) atoms. The lowest BCUT2D eigenvalue weighted by molar-refractivity contribution is -0.148. The summed E-state index contributed by atoms with van der Waals surface area (Å²) in [5.41, 5.74) is 1.94. The summed E-state index contributed by atoms with van der Waals surface area (Å²) in [6.07, 6.45) is 1.85. The Kier molecular flexibility index (Phi) is 18.5. The third kappa shape index (κ3) is 12.7. The summed E-state index contributed by atoms with van der Waals surface area (Å²) in [5, 5.41) is 65.3. The van der Waals surface area contributed by atoms with Crippen molar-refractivity contribution in [1.29, 1.82) is 0 Å². The highest BCUT2D eigenvalue weighted by Crippen LogP contribution is 2.49. The first-order valence-electron chi connectivity index (χ1n) is 19.8. The number of sulfone groups is 1. The van der Waals surface area contributed by atoms with Gasteiger partial charge in [-0.15, -0.1) is 0 Å². The quantitative estimate of drug-likeness (QED) is 0.0761. The predicted molar refractivity (Wildman–Crippen MR) is 214 cm³/mol. The third-order valence-electron chi connectivity index (χ3n) is 11.0. The summed E-state index contributed by atoms with van der Waals surface area (Å²) in [6, 6.07) is 12.8. The normalized spacial score (nSPS) is 21.4. The molecule has 0 aliphatic carbocycles. The number of aliphatic hydroxyl groups is 6. The highest BCUT2D eigenvalue weighted by molar-refractivity contribution is 7.91. The van der Waals surface area contributed by atoms with E-state index in [0.717, 1.165) is 69.0 Å². The molecule has 0 saturated carbocycles. The van der Waals surface area contributed by atoms with E-state index in [9.17, 15) is 43.5 Å². The Bertz CT molecular complexity index is 1620. The van der Waals surface area contributed by atoms with E-state index < -0.39 is 64.2 Å². The average Bonchev–Trinajstić information content (AvgIpc) is 3.24. The Morgan fingerprint density at radius 2 is 1.55 bits per heavy atom. The minimum absolute atomic E-state index is 0.110. The van der Waals surface area contributed by atoms with Crippen molar-refractivity contribution in [2.75, 3.05) is 43.2 Å². The van der Waals surface area contributed by atoms with Crippen LogP contribution in [0.15, 0.2) is 47.4 Å². The first-order valence-corrected chi connectivity index (χ1v) is 21.5. The van der Waals surface area contributed by atoms with E-state index in [1.807, 2.05) is 56.3 Å². The molecule has 0 bridgehead atoms. The fourth-order valence-corrected chi connectivity index (χ4v) is 9.75. The number of carbonyl (C=O) groups is 2. The zero-order chi connectivity index (χ0) is 40.8. The highest BCUT2D eigenvalue weighted by atomic mass is 32.2. The maximum atomic E-state index is 14.0. The number of benzene rings is 2. The van der Waals surface area contributed by atoms with Crippen LogP contribution in [0.1, 0.15) is 114 Å². The van der Waals surface area contributed by atoms with Crippen LogP contribution in [0.4, 0.5) is 11.4 Å². The van der Waals surface area contributed by atoms with E-state index in [1.165, 1.54) is 0 Å². The molecule has 1 heterocycles. The number of carbonyl (C=O) groups excluding carboxylic acids is 2. The van der Waals surface area contributed by atoms with Crippen LogP contribution in [0.2, 0.25) is 0 Å². The lowest BCUT2D eigenvalue weighted by Gasteiger charge is -2.39. The molecule has 0 aromatic heterocycles. The minimum atomic E-state index is -3.71. The predicted octanol–water partition coefficient (Wildman–Crippen LogP) is 3.62. The van der Waals surface area contributed by atoms with Crippen molar-refractivity contribution in [2.24, 2.45) is 5.41 Å². The molecule has 7 atom stereocenters. The number of unbranched alkanes of at least 4 members (excludes halogenated alkanes) is 8. The molecule has 310 valence electrons. The van der Waals surface area contributed by atoms with Gasteiger partial charge >= 0.3 is 0 Å². The van der Waals surface area contributed by atoms with Crippen molar-refractivity contribution in [2.45, 2.75) is 139 Å². The number of aliphatic hydroxyl groups excluding tert-OH is 6. The van der Waals surface area contributed by atoms with Crippen LogP contribution in [0.25, 0.3) is 0 Å². The Morgan fingerprint density at radius 3 is 2.16 bits per heavy atom. The van der Waals surface area contributed by atoms with Crippen LogP contribution in [0, 0.1) is 5.41 Å². The van der Waals surface area contributed by atoms with Gasteiger partial charge in [0.05, 0.1) is 23.4 Å². The van der Waals surface area contributed by atoms with Crippen LogP contribution >= 0.6 is 0 Å². The Hall–Kier alpha value is -3.11. The number of nitrogens with zero attached hydrogens (tertiary/aromatic N) is 1. The summed E-state index contributed by atoms with van der Waals surface area (Å²) in [4.78, 5) is 27.2. The number of amides is 2. The standard InChI is InChI=1S/C41H65N3O10S/c1-5-7-22-41(6-2)27-55(53,54)33-21-20-30(44(3)4)25-31(33)35(39(41)51)28-17-16-18-29(24-28)43-34(47)19-14-12-10-8-9-11-13-15-23-42-40(52)38(50)37(49)36(48)32(46)26-45/h16-18,20-21,24-25,32,35-39,45-46,48-51H,5-15,19,22-23,26-27H2,1-4H3,(H,42,52)(H,43,47)/t32-,35+,36-,37+,38-,39+,41?/m1/s1. The Morgan fingerprint density at radius 1 is 0.891 bits per heavy atom. The van der Waals surface area contributed by atoms with Crippen LogP contribution in [0.3, 0.4) is 0 Å². The second-order valence-corrected chi connectivity index (χ2v) is 17.3. The average molecular weight is 792 g/mol. The fraction of sp³-hybridized carbons (Fsp3) is 0.659. The molecular weight excluding hydrogens is 727 g/mol. The molecule has 0 spiro atoms. The molecule has 2 aromatic rings. The SMILES string of the molecule is CCCCC1(CC)CS(=O)(=O)c2ccc(N(C)C)cc2[C@H](c2cccc(NC(=O)CCCCCCCCCCNC(=O)[C@H](O)[C@@H](O)[C@H](O)[C@H](O)CO)c2)[C@@H]1O. The molecule has 8 N–H and O–H groups in total. The van der Waals surface area contributed by atoms with Gasteiger partial charge in [0, 0.05) is 49.8 Å². The van der Waals surface area contributed by atoms with Crippen molar-refractivity contribution < 1.29 is 48.6 Å². The number of rotatable bonds is 23. The van der Waals surface area contributed by atoms with Crippen LogP contribution in [-0.2, 0) is 19.4 Å². The summed E-state index contributed by atoms with van der Waals surface area (Å²) >= 11 is 0. The smallest absolute Gasteiger partial charge is 0.251 e. The lowest BCUT2D eigenvalue weighted by Crippen LogP contribution is -2.51. The van der Waals surface area contributed by atoms with Gasteiger partial charge in [0.1, 0.15) is 18.3 Å². The zero-order valence-corrected chi connectivity index (χ0v) is 33.8. The van der Waals surface area contributed by atoms with Crippen molar-refractivity contribution in [3.05, 3.63) is 53.6 Å². The maximum absolute atomic E-state index is 14.0. The molecule has 1 aliphatic rings. The third-order valence-corrected chi connectivity index (χ3v) is 13.0. The van der Waals surface area contributed by atoms with E-state index in [-0.39, 0.29) is 23.1 Å². The molecule has 0 radical (unpaired) electrons. The van der Waals surface area contributed by atoms with E-state index in [2.05, 4.69) is 17.6 Å². The number of anilines is 2. The summed E-state index contributed by atoms with van der Waals surface area (Å²) in [7, 11) is 0.0905. The monoisotopic (exact) mass is 791 g/mol. The van der Waals surface area contributed by atoms with Gasteiger partial charge in [-0.3, -0.25) is 9.59 Å². The zero-order valence-electron chi connectivity index (χ0n) is 33.0. The molecule has 14 heteroatoms. The first kappa shape index (κ1) is 46.3. The Balaban J connectivity index is 1.51. The van der Waals surface area contributed by atoms with E-state index in [4.69, 9.17) is 5.11 Å². The summed E-state index contributed by atoms with van der Waals surface area (Å²) in [5.74, 6) is -1.71. The van der Waals surface area contributed by atoms with Crippen molar-refractivity contribution >= 4 is 33.0 Å². The topological polar surface area (TPSA) is 217 Å². The van der Waals surface area contributed by atoms with Gasteiger partial charge < -0.3 is 46.2 Å². The largest absolute Gasteiger partial charge is 0.394 e. The summed E-state index contributed by atoms with van der Waals surface area (Å²) < 4.78 is 27.9. The van der Waals surface area contributed by atoms with Gasteiger partial charge in [0.15, 0.2) is 15.9 Å². The molecule has 0 saturated heterocycles. The second kappa shape index (κ2) is 22.0. The van der Waals surface area contributed by atoms with Gasteiger partial charge in [-0.05, 0) is 67.1 Å². The number of hydrogen-bond donors (Lipinski definition) is 8. The molecule has 13 nitrogen and oxygen atoms in total. The van der Waals surface area contributed by atoms with Crippen LogP contribution < -0.4 is 15.5 Å². The van der Waals surface area contributed by atoms with Gasteiger partial charge in [0.25, 0.3) is 5.91 Å². The van der Waals surface area contributed by atoms with Gasteiger partial charge in [-0.1, -0.05) is 77.3 Å². The van der Waals surface area contributed by atoms with Crippen molar-refractivity contribution in [1.82, 2.24) is 5.32 Å². The van der Waals surface area contributed by atoms with Crippen molar-refractivity contribution in [3.8, 4) is 0 Å². The van der Waals surface area contributed by atoms with Crippen LogP contribution in [-0.4, -0.2) is 114 Å². The first-order chi connectivity index (χ1) is 26.1. The van der Waals surface area contributed by atoms with Crippen LogP contribution in [0.5, 0.6) is 0 Å². The lowest BCUT2D eigenvalue weighted by atomic mass is 9.69. The second-order valence-electron chi connectivity index (χ2n) is 15.3. The van der Waals surface area contributed by atoms with E-state index in [0.29, 0.717) is 36.9 Å². The Labute approximate surface area is 327 Å². The van der Waals surface area contributed by atoms with Crippen molar-refractivity contribution in [3.63, 3.8) is 0 Å². The molecule has 0 fully saturated rings. The van der Waals surface area contributed by atoms with Gasteiger partial charge in [-0.2, -0.15) is 0 Å². The highest BCUT2D eigenvalue weighted by Gasteiger charge is 2.49. The molecule has 1 aliphatic heterocycles. The van der Waals surface area contributed by atoms with Gasteiger partial charge in [-0.25, -0.2) is 8.42 Å². The molecule has 1 unspecified atom stereocenters. The summed E-state index contributed by atoms with van der Waals surface area (Å²) in [6.45, 7) is 3.49. The van der Waals surface area contributed by atoms with Gasteiger partial charge in [0.2, 0.25) is 5.91 Å². The molecule has 2 aromatic carbocycles. The fourth-order valence-electron chi connectivity index (χ4n) is 7.50. The number of hydrogen-bond acceptors (Lipinski definition) is 11. The minimum Gasteiger partial charge on any atom is -0.394 e. The molecule has 3 rings (SSSR count). The van der Waals surface area contributed by atoms with E-state index in [1.54, 1.807) is 12.1 Å².